The summed E-state index contributed by atoms with van der Waals surface area (Å²) in [4.78, 5) is 77.5. The highest BCUT2D eigenvalue weighted by Gasteiger charge is 2.57. The lowest BCUT2D eigenvalue weighted by Crippen LogP contribution is -2.56. The molecular formula is C37H53N5O11. The normalized spacial score (nSPS) is 20.4. The number of nitrogens with one attached hydrogen (secondary N) is 4. The third-order valence-electron chi connectivity index (χ3n) is 9.92. The van der Waals surface area contributed by atoms with Gasteiger partial charge in [0.15, 0.2) is 5.78 Å². The topological polar surface area (TPSA) is 222 Å². The highest BCUT2D eigenvalue weighted by Crippen LogP contribution is 2.52. The number of allylic oxidation sites excluding steroid dienone is 1. The number of hydrogen-bond donors (Lipinski definition) is 6. The van der Waals surface area contributed by atoms with Crippen molar-refractivity contribution in [1.82, 2.24) is 26.5 Å². The van der Waals surface area contributed by atoms with Crippen molar-refractivity contribution < 1.29 is 53.4 Å². The first-order chi connectivity index (χ1) is 25.7. The number of carbonyl (C=O) groups is 6. The molecule has 1 aromatic carbocycles. The molecule has 53 heavy (non-hydrogen) atoms. The van der Waals surface area contributed by atoms with E-state index in [1.54, 1.807) is 24.0 Å². The molecule has 0 spiro atoms. The van der Waals surface area contributed by atoms with Crippen LogP contribution in [0.1, 0.15) is 76.7 Å². The van der Waals surface area contributed by atoms with Crippen molar-refractivity contribution in [3.05, 3.63) is 47.5 Å². The molecule has 16 nitrogen and oxygen atoms in total. The van der Waals surface area contributed by atoms with Crippen LogP contribution in [0.4, 0.5) is 9.59 Å². The molecule has 4 amide bonds. The molecule has 1 saturated carbocycles. The predicted molar refractivity (Wildman–Crippen MR) is 188 cm³/mol. The number of esters is 1. The Morgan fingerprint density at radius 3 is 2.04 bits per heavy atom. The maximum Gasteiger partial charge on any atom is 0.407 e. The molecule has 1 aliphatic heterocycles. The van der Waals surface area contributed by atoms with Gasteiger partial charge in [0, 0.05) is 50.7 Å². The molecule has 5 atom stereocenters. The molecule has 2 fully saturated rings. The van der Waals surface area contributed by atoms with E-state index in [2.05, 4.69) is 10.6 Å². The van der Waals surface area contributed by atoms with Gasteiger partial charge in [-0.1, -0.05) is 43.2 Å². The van der Waals surface area contributed by atoms with Gasteiger partial charge in [-0.3, -0.25) is 34.5 Å². The summed E-state index contributed by atoms with van der Waals surface area (Å²) in [6, 6.07) is 7.79. The minimum absolute atomic E-state index is 0.0373. The van der Waals surface area contributed by atoms with Gasteiger partial charge in [0.2, 0.25) is 11.8 Å². The first-order valence-corrected chi connectivity index (χ1v) is 18.6. The summed E-state index contributed by atoms with van der Waals surface area (Å²) in [6.45, 7) is 2.20. The number of ketones is 1. The second-order valence-corrected chi connectivity index (χ2v) is 13.7. The van der Waals surface area contributed by atoms with E-state index in [-0.39, 0.29) is 75.6 Å². The van der Waals surface area contributed by atoms with Gasteiger partial charge < -0.3 is 24.8 Å². The van der Waals surface area contributed by atoms with E-state index in [1.807, 2.05) is 35.2 Å². The quantitative estimate of drug-likeness (QED) is 0.0332. The summed E-state index contributed by atoms with van der Waals surface area (Å²) in [7, 11) is 0. The van der Waals surface area contributed by atoms with Crippen molar-refractivity contribution in [2.45, 2.75) is 95.7 Å². The fraction of sp³-hybridized carbons (Fsp3) is 0.622. The van der Waals surface area contributed by atoms with Crippen LogP contribution < -0.4 is 21.6 Å². The van der Waals surface area contributed by atoms with Crippen LogP contribution in [-0.4, -0.2) is 102 Å². The number of amides is 4. The molecule has 2 aliphatic carbocycles. The Balaban J connectivity index is 1.52. The number of fused-ring (bicyclic) bond motifs is 1. The minimum Gasteiger partial charge on any atom is -0.465 e. The van der Waals surface area contributed by atoms with Crippen molar-refractivity contribution in [1.29, 1.82) is 0 Å². The molecule has 0 unspecified atom stereocenters. The van der Waals surface area contributed by atoms with Crippen LogP contribution >= 0.6 is 0 Å². The first kappa shape index (κ1) is 41.2. The van der Waals surface area contributed by atoms with Crippen LogP contribution in [0.15, 0.2) is 42.0 Å². The highest BCUT2D eigenvalue weighted by molar-refractivity contribution is 5.97. The Bertz CT molecular complexity index is 1440. The molecule has 1 aromatic rings. The Kier molecular flexibility index (Phi) is 16.5. The third kappa shape index (κ3) is 12.5. The van der Waals surface area contributed by atoms with E-state index in [1.165, 1.54) is 0 Å². The smallest absolute Gasteiger partial charge is 0.407 e. The number of unbranched alkanes of at least 4 members (excludes halogenated alkanes) is 4. The van der Waals surface area contributed by atoms with Gasteiger partial charge in [-0.05, 0) is 68.6 Å². The molecule has 6 N–H and O–H groups in total. The number of alkyl carbamates (subject to hydrolysis) is 2. The molecule has 0 radical (unpaired) electrons. The number of hydrogen-bond acceptors (Lipinski definition) is 12. The summed E-state index contributed by atoms with van der Waals surface area (Å²) < 4.78 is 17.3. The van der Waals surface area contributed by atoms with Gasteiger partial charge in [-0.25, -0.2) is 20.5 Å². The van der Waals surface area contributed by atoms with Crippen molar-refractivity contribution in [2.24, 2.45) is 17.8 Å². The largest absolute Gasteiger partial charge is 0.465 e. The SMILES string of the molecule is CCOC(=O)[C@H](COC(=O)NCCCCCC(=O)NO)N1CC2=CC(=O)[C@H](C3CC3)[C@H]2[C@@H]1[C@H](Cc1ccccc1)OC(=O)NCCCCCC(=O)NO. The number of rotatable bonds is 22. The van der Waals surface area contributed by atoms with Crippen LogP contribution in [0.5, 0.6) is 0 Å². The zero-order valence-electron chi connectivity index (χ0n) is 30.3. The summed E-state index contributed by atoms with van der Waals surface area (Å²) >= 11 is 0. The lowest BCUT2D eigenvalue weighted by molar-refractivity contribution is -0.153. The van der Waals surface area contributed by atoms with E-state index in [0.29, 0.717) is 38.5 Å². The Morgan fingerprint density at radius 1 is 0.830 bits per heavy atom. The summed E-state index contributed by atoms with van der Waals surface area (Å²) in [5.41, 5.74) is 4.92. The van der Waals surface area contributed by atoms with E-state index >= 15 is 0 Å². The molecule has 0 bridgehead atoms. The Morgan fingerprint density at radius 2 is 1.45 bits per heavy atom. The summed E-state index contributed by atoms with van der Waals surface area (Å²) in [5, 5.41) is 22.8. The van der Waals surface area contributed by atoms with Crippen molar-refractivity contribution in [3.63, 3.8) is 0 Å². The Labute approximate surface area is 309 Å². The van der Waals surface area contributed by atoms with Gasteiger partial charge in [-0.2, -0.15) is 0 Å². The molecule has 0 aromatic heterocycles. The summed E-state index contributed by atoms with van der Waals surface area (Å²) in [6.07, 6.45) is 5.35. The maximum absolute atomic E-state index is 13.6. The molecule has 4 rings (SSSR count). The fourth-order valence-electron chi connectivity index (χ4n) is 7.30. The molecule has 16 heteroatoms. The number of hydroxylamine groups is 2. The number of ether oxygens (including phenoxy) is 3. The Hall–Kier alpha value is -4.54. The van der Waals surface area contributed by atoms with Crippen molar-refractivity contribution in [3.8, 4) is 0 Å². The summed E-state index contributed by atoms with van der Waals surface area (Å²) in [5.74, 6) is -1.99. The standard InChI is InChI=1S/C37H53N5O11/c1-2-51-35(46)27(23-52-36(47)38-18-10-4-8-14-30(44)40-49)42-22-26-21-28(43)32(25-16-17-25)33(26)34(42)29(20-24-12-6-3-7-13-24)53-37(48)39-19-11-5-9-15-31(45)41-50/h3,6-7,12-13,21,25,27,29,32-34,49-50H,2,4-5,8-11,14-20,22-23H2,1H3,(H,38,47)(H,39,48)(H,40,44)(H,41,45)/t27-,29-,32-,33-,34-/m0/s1. The zero-order chi connectivity index (χ0) is 38.2. The lowest BCUT2D eigenvalue weighted by Gasteiger charge is -2.38. The average molecular weight is 744 g/mol. The van der Waals surface area contributed by atoms with Crippen LogP contribution in [0, 0.1) is 17.8 Å². The second kappa shape index (κ2) is 21.2. The fourth-order valence-corrected chi connectivity index (χ4v) is 7.30. The molecule has 1 saturated heterocycles. The van der Waals surface area contributed by atoms with Gasteiger partial charge in [-0.15, -0.1) is 0 Å². The van der Waals surface area contributed by atoms with Gasteiger partial charge in [0.1, 0.15) is 18.8 Å². The average Bonchev–Trinajstić information content (AvgIpc) is 3.85. The van der Waals surface area contributed by atoms with Crippen LogP contribution in [-0.2, 0) is 39.8 Å². The van der Waals surface area contributed by atoms with E-state index < -0.39 is 48.2 Å². The lowest BCUT2D eigenvalue weighted by atomic mass is 9.80. The van der Waals surface area contributed by atoms with Gasteiger partial charge in [0.25, 0.3) is 0 Å². The number of likely N-dealkylation sites (tertiary alicyclic amines) is 1. The van der Waals surface area contributed by atoms with Crippen molar-refractivity contribution >= 4 is 35.8 Å². The molecule has 292 valence electrons. The first-order valence-electron chi connectivity index (χ1n) is 18.6. The highest BCUT2D eigenvalue weighted by atomic mass is 16.6. The second-order valence-electron chi connectivity index (χ2n) is 13.7. The van der Waals surface area contributed by atoms with E-state index in [4.69, 9.17) is 24.6 Å². The molecule has 3 aliphatic rings. The predicted octanol–water partition coefficient (Wildman–Crippen LogP) is 2.95. The third-order valence-corrected chi connectivity index (χ3v) is 9.92. The van der Waals surface area contributed by atoms with E-state index in [0.717, 1.165) is 24.0 Å². The number of carbonyl (C=O) groups excluding carboxylic acids is 6. The van der Waals surface area contributed by atoms with Gasteiger partial charge in [0.05, 0.1) is 12.6 Å². The monoisotopic (exact) mass is 743 g/mol. The van der Waals surface area contributed by atoms with E-state index in [9.17, 15) is 28.8 Å². The van der Waals surface area contributed by atoms with Crippen LogP contribution in [0.3, 0.4) is 0 Å². The van der Waals surface area contributed by atoms with Crippen LogP contribution in [0.2, 0.25) is 0 Å². The zero-order valence-corrected chi connectivity index (χ0v) is 30.3. The maximum atomic E-state index is 13.6. The van der Waals surface area contributed by atoms with Crippen molar-refractivity contribution in [2.75, 3.05) is 32.8 Å². The molecule has 1 heterocycles. The molecular weight excluding hydrogens is 690 g/mol. The number of nitrogens with zero attached hydrogens (tertiary/aromatic N) is 1. The van der Waals surface area contributed by atoms with Crippen LogP contribution in [0.25, 0.3) is 0 Å². The minimum atomic E-state index is -1.06. The van der Waals surface area contributed by atoms with Gasteiger partial charge >= 0.3 is 18.2 Å². The number of benzene rings is 1.